The maximum absolute atomic E-state index is 12.8. The molecular formula is C26H24O7. The van der Waals surface area contributed by atoms with Gasteiger partial charge in [0.25, 0.3) is 0 Å². The summed E-state index contributed by atoms with van der Waals surface area (Å²) in [6.45, 7) is 2.44. The van der Waals surface area contributed by atoms with Crippen molar-refractivity contribution in [2.24, 2.45) is 5.92 Å². The number of benzene rings is 3. The molecule has 7 heteroatoms. The molecular weight excluding hydrogens is 424 g/mol. The third-order valence-electron chi connectivity index (χ3n) is 6.36. The number of carbonyl (C=O) groups is 1. The summed E-state index contributed by atoms with van der Waals surface area (Å²) in [7, 11) is 1.57. The lowest BCUT2D eigenvalue weighted by Crippen LogP contribution is -2.24. The van der Waals surface area contributed by atoms with Gasteiger partial charge in [0.05, 0.1) is 19.6 Å². The van der Waals surface area contributed by atoms with Crippen LogP contribution in [0.15, 0.2) is 54.6 Å². The fourth-order valence-corrected chi connectivity index (χ4v) is 5.01. The number of ether oxygens (including phenoxy) is 4. The maximum Gasteiger partial charge on any atom is 0.308 e. The molecule has 3 aromatic carbocycles. The molecule has 2 N–H and O–H groups in total. The molecule has 3 aromatic rings. The highest BCUT2D eigenvalue weighted by atomic mass is 16.7. The number of phenols is 1. The molecule has 0 radical (unpaired) electrons. The molecule has 170 valence electrons. The quantitative estimate of drug-likeness (QED) is 0.573. The van der Waals surface area contributed by atoms with E-state index in [0.29, 0.717) is 29.6 Å². The Labute approximate surface area is 191 Å². The van der Waals surface area contributed by atoms with Gasteiger partial charge < -0.3 is 29.2 Å². The van der Waals surface area contributed by atoms with E-state index in [1.54, 1.807) is 37.4 Å². The number of methoxy groups -OCH3 is 1. The number of fused-ring (bicyclic) bond motifs is 2. The van der Waals surface area contributed by atoms with Gasteiger partial charge in [-0.2, -0.15) is 0 Å². The second-order valence-electron chi connectivity index (χ2n) is 8.08. The molecule has 0 spiro atoms. The van der Waals surface area contributed by atoms with Crippen LogP contribution in [0.2, 0.25) is 0 Å². The van der Waals surface area contributed by atoms with E-state index in [2.05, 4.69) is 0 Å². The van der Waals surface area contributed by atoms with Crippen molar-refractivity contribution in [2.45, 2.75) is 18.8 Å². The Kier molecular flexibility index (Phi) is 5.24. The summed E-state index contributed by atoms with van der Waals surface area (Å²) >= 11 is 0. The lowest BCUT2D eigenvalue weighted by molar-refractivity contribution is -0.142. The Hall–Kier alpha value is -3.87. The second kappa shape index (κ2) is 8.24. The zero-order valence-corrected chi connectivity index (χ0v) is 18.3. The van der Waals surface area contributed by atoms with Gasteiger partial charge in [0.15, 0.2) is 11.5 Å². The second-order valence-corrected chi connectivity index (χ2v) is 8.08. The molecule has 0 saturated heterocycles. The Morgan fingerprint density at radius 3 is 2.52 bits per heavy atom. The molecule has 0 bridgehead atoms. The number of carboxylic acid groups (broad SMARTS) is 1. The molecule has 1 aliphatic carbocycles. The molecule has 0 saturated carbocycles. The molecule has 33 heavy (non-hydrogen) atoms. The van der Waals surface area contributed by atoms with Crippen LogP contribution in [0.1, 0.15) is 41.0 Å². The van der Waals surface area contributed by atoms with E-state index in [1.807, 2.05) is 31.2 Å². The fraction of sp³-hybridized carbons (Fsp3) is 0.269. The molecule has 0 aromatic heterocycles. The molecule has 0 fully saturated rings. The predicted octanol–water partition coefficient (Wildman–Crippen LogP) is 4.51. The number of aromatic hydroxyl groups is 1. The summed E-state index contributed by atoms with van der Waals surface area (Å²) in [4.78, 5) is 12.8. The number of rotatable bonds is 6. The van der Waals surface area contributed by atoms with Crippen molar-refractivity contribution in [1.29, 1.82) is 0 Å². The number of aliphatic carboxylic acids is 1. The lowest BCUT2D eigenvalue weighted by atomic mass is 9.79. The monoisotopic (exact) mass is 448 g/mol. The Balaban J connectivity index is 1.71. The molecule has 2 aliphatic rings. The van der Waals surface area contributed by atoms with E-state index >= 15 is 0 Å². The molecule has 1 aliphatic heterocycles. The van der Waals surface area contributed by atoms with Crippen LogP contribution >= 0.6 is 0 Å². The highest BCUT2D eigenvalue weighted by molar-refractivity contribution is 5.78. The van der Waals surface area contributed by atoms with E-state index in [0.717, 1.165) is 22.3 Å². The Morgan fingerprint density at radius 1 is 0.970 bits per heavy atom. The van der Waals surface area contributed by atoms with E-state index in [9.17, 15) is 15.0 Å². The van der Waals surface area contributed by atoms with Crippen molar-refractivity contribution in [3.63, 3.8) is 0 Å². The van der Waals surface area contributed by atoms with E-state index in [1.165, 1.54) is 0 Å². The summed E-state index contributed by atoms with van der Waals surface area (Å²) in [5, 5.41) is 20.7. The van der Waals surface area contributed by atoms with Crippen LogP contribution in [-0.2, 0) is 4.79 Å². The first kappa shape index (κ1) is 21.0. The van der Waals surface area contributed by atoms with Gasteiger partial charge in [0, 0.05) is 23.5 Å². The first-order valence-corrected chi connectivity index (χ1v) is 10.8. The van der Waals surface area contributed by atoms with Gasteiger partial charge in [-0.25, -0.2) is 0 Å². The summed E-state index contributed by atoms with van der Waals surface area (Å²) in [6.07, 6.45) is 0. The van der Waals surface area contributed by atoms with Crippen LogP contribution in [0, 0.1) is 5.92 Å². The Bertz CT molecular complexity index is 1220. The molecule has 5 rings (SSSR count). The van der Waals surface area contributed by atoms with Crippen LogP contribution in [0.5, 0.6) is 28.7 Å². The highest BCUT2D eigenvalue weighted by Crippen LogP contribution is 2.55. The fourth-order valence-electron chi connectivity index (χ4n) is 5.01. The van der Waals surface area contributed by atoms with Gasteiger partial charge in [-0.15, -0.1) is 0 Å². The van der Waals surface area contributed by atoms with E-state index < -0.39 is 23.7 Å². The third kappa shape index (κ3) is 3.50. The van der Waals surface area contributed by atoms with E-state index in [-0.39, 0.29) is 12.5 Å². The van der Waals surface area contributed by atoms with Crippen molar-refractivity contribution >= 4 is 5.97 Å². The normalized spacial score (nSPS) is 20.4. The summed E-state index contributed by atoms with van der Waals surface area (Å²) < 4.78 is 22.2. The number of hydrogen-bond donors (Lipinski definition) is 2. The zero-order valence-electron chi connectivity index (χ0n) is 18.3. The molecule has 0 amide bonds. The number of phenolic OH excluding ortho intramolecular Hbond substituents is 1. The van der Waals surface area contributed by atoms with Crippen molar-refractivity contribution < 1.29 is 34.0 Å². The minimum absolute atomic E-state index is 0.0840. The highest BCUT2D eigenvalue weighted by Gasteiger charge is 2.47. The van der Waals surface area contributed by atoms with Gasteiger partial charge in [0.2, 0.25) is 6.79 Å². The smallest absolute Gasteiger partial charge is 0.308 e. The molecule has 7 nitrogen and oxygen atoms in total. The van der Waals surface area contributed by atoms with Gasteiger partial charge in [-0.1, -0.05) is 18.2 Å². The topological polar surface area (TPSA) is 94.5 Å². The lowest BCUT2D eigenvalue weighted by Gasteiger charge is -2.24. The molecule has 1 heterocycles. The van der Waals surface area contributed by atoms with Crippen LogP contribution in [-0.4, -0.2) is 36.7 Å². The van der Waals surface area contributed by atoms with Crippen molar-refractivity contribution in [3.05, 3.63) is 76.9 Å². The van der Waals surface area contributed by atoms with Crippen molar-refractivity contribution in [1.82, 2.24) is 0 Å². The van der Waals surface area contributed by atoms with Gasteiger partial charge in [-0.05, 0) is 53.9 Å². The standard InChI is InChI=1S/C26H24O7/c1-3-31-21-12-16(30-2)6-8-18(21)24-19-11-15(27)5-7-17(19)23(25(24)26(28)29)14-4-9-20-22(10-14)33-13-32-20/h4-12,23-25,27H,3,13H2,1-2H3,(H,28,29)/t23-,24+,25?/m0/s1. The summed E-state index contributed by atoms with van der Waals surface area (Å²) in [5.41, 5.74) is 3.16. The average molecular weight is 448 g/mol. The summed E-state index contributed by atoms with van der Waals surface area (Å²) in [6, 6.07) is 16.0. The van der Waals surface area contributed by atoms with Crippen LogP contribution < -0.4 is 18.9 Å². The SMILES string of the molecule is CCOc1cc(OC)ccc1[C@@H]1c2cc(O)ccc2[C@H](c2ccc3c(c2)OCO3)C1C(=O)O. The van der Waals surface area contributed by atoms with Crippen LogP contribution in [0.3, 0.4) is 0 Å². The third-order valence-corrected chi connectivity index (χ3v) is 6.36. The van der Waals surface area contributed by atoms with Crippen molar-refractivity contribution in [3.8, 4) is 28.7 Å². The van der Waals surface area contributed by atoms with Gasteiger partial charge >= 0.3 is 5.97 Å². The van der Waals surface area contributed by atoms with E-state index in [4.69, 9.17) is 18.9 Å². The largest absolute Gasteiger partial charge is 0.508 e. The van der Waals surface area contributed by atoms with Gasteiger partial charge in [-0.3, -0.25) is 4.79 Å². The molecule has 3 atom stereocenters. The first-order valence-electron chi connectivity index (χ1n) is 10.8. The predicted molar refractivity (Wildman–Crippen MR) is 120 cm³/mol. The minimum Gasteiger partial charge on any atom is -0.508 e. The van der Waals surface area contributed by atoms with Crippen molar-refractivity contribution in [2.75, 3.05) is 20.5 Å². The van der Waals surface area contributed by atoms with Gasteiger partial charge in [0.1, 0.15) is 17.2 Å². The minimum atomic E-state index is -0.934. The number of carboxylic acids is 1. The van der Waals surface area contributed by atoms with Crippen LogP contribution in [0.4, 0.5) is 0 Å². The average Bonchev–Trinajstić information content (AvgIpc) is 3.41. The first-order chi connectivity index (χ1) is 16.0. The zero-order chi connectivity index (χ0) is 23.1. The number of hydrogen-bond acceptors (Lipinski definition) is 6. The maximum atomic E-state index is 12.8. The molecule has 1 unspecified atom stereocenters. The summed E-state index contributed by atoms with van der Waals surface area (Å²) in [5.74, 6) is -0.238. The Morgan fingerprint density at radius 2 is 1.76 bits per heavy atom. The van der Waals surface area contributed by atoms with Crippen LogP contribution in [0.25, 0.3) is 0 Å².